The minimum atomic E-state index is -0.444. The first kappa shape index (κ1) is 20.0. The van der Waals surface area contributed by atoms with Gasteiger partial charge in [-0.05, 0) is 66.4 Å². The molecule has 1 aromatic rings. The maximum atomic E-state index is 12.9. The highest BCUT2D eigenvalue weighted by atomic mass is 16.7. The van der Waals surface area contributed by atoms with Crippen LogP contribution in [0.2, 0.25) is 0 Å². The SMILES string of the molecule is CC(C)N(C(=O)Cc1ccccc1B1OC(C)(C)C(C)(C)O1)C(C)C. The molecular weight excluding hydrogens is 313 g/mol. The predicted octanol–water partition coefficient (Wildman–Crippen LogP) is 3.17. The Morgan fingerprint density at radius 1 is 1.00 bits per heavy atom. The van der Waals surface area contributed by atoms with Gasteiger partial charge in [0.25, 0.3) is 0 Å². The molecule has 2 rings (SSSR count). The summed E-state index contributed by atoms with van der Waals surface area (Å²) >= 11 is 0. The van der Waals surface area contributed by atoms with Gasteiger partial charge in [-0.15, -0.1) is 0 Å². The van der Waals surface area contributed by atoms with Gasteiger partial charge in [0, 0.05) is 12.1 Å². The van der Waals surface area contributed by atoms with Gasteiger partial charge in [0.1, 0.15) is 0 Å². The fraction of sp³-hybridized carbons (Fsp3) is 0.650. The summed E-state index contributed by atoms with van der Waals surface area (Å²) < 4.78 is 12.4. The molecule has 5 heteroatoms. The van der Waals surface area contributed by atoms with Gasteiger partial charge in [-0.2, -0.15) is 0 Å². The van der Waals surface area contributed by atoms with Crippen molar-refractivity contribution >= 4 is 18.5 Å². The van der Waals surface area contributed by atoms with E-state index in [9.17, 15) is 4.79 Å². The maximum Gasteiger partial charge on any atom is 0.495 e. The molecule has 1 aliphatic rings. The summed E-state index contributed by atoms with van der Waals surface area (Å²) in [6.07, 6.45) is 0.358. The summed E-state index contributed by atoms with van der Waals surface area (Å²) in [5.74, 6) is 0.133. The van der Waals surface area contributed by atoms with E-state index in [-0.39, 0.29) is 18.0 Å². The van der Waals surface area contributed by atoms with Crippen molar-refractivity contribution in [2.24, 2.45) is 0 Å². The molecule has 0 aromatic heterocycles. The summed E-state index contributed by atoms with van der Waals surface area (Å²) in [6, 6.07) is 8.29. The fourth-order valence-electron chi connectivity index (χ4n) is 3.32. The molecule has 0 saturated carbocycles. The van der Waals surface area contributed by atoms with Crippen molar-refractivity contribution in [3.63, 3.8) is 0 Å². The summed E-state index contributed by atoms with van der Waals surface area (Å²) in [5, 5.41) is 0. The number of hydrogen-bond donors (Lipinski definition) is 0. The minimum absolute atomic E-state index is 0.133. The zero-order chi connectivity index (χ0) is 19.0. The van der Waals surface area contributed by atoms with Crippen LogP contribution in [0.15, 0.2) is 24.3 Å². The highest BCUT2D eigenvalue weighted by Crippen LogP contribution is 2.36. The van der Waals surface area contributed by atoms with E-state index in [1.807, 2.05) is 56.9 Å². The van der Waals surface area contributed by atoms with E-state index in [0.29, 0.717) is 6.42 Å². The molecule has 1 saturated heterocycles. The van der Waals surface area contributed by atoms with Crippen molar-refractivity contribution in [3.05, 3.63) is 29.8 Å². The highest BCUT2D eigenvalue weighted by molar-refractivity contribution is 6.62. The van der Waals surface area contributed by atoms with Crippen LogP contribution in [-0.4, -0.2) is 41.2 Å². The van der Waals surface area contributed by atoms with Gasteiger partial charge in [-0.25, -0.2) is 0 Å². The lowest BCUT2D eigenvalue weighted by atomic mass is 9.75. The van der Waals surface area contributed by atoms with Crippen LogP contribution in [0.1, 0.15) is 61.0 Å². The van der Waals surface area contributed by atoms with Crippen LogP contribution in [0, 0.1) is 0 Å². The predicted molar refractivity (Wildman–Crippen MR) is 103 cm³/mol. The number of rotatable bonds is 5. The monoisotopic (exact) mass is 345 g/mol. The Bertz CT molecular complexity index is 601. The third kappa shape index (κ3) is 4.09. The standard InChI is InChI=1S/C20H32BNO3/c1-14(2)22(15(3)4)18(23)13-16-11-9-10-12-17(16)21-24-19(5,6)20(7,8)25-21/h9-12,14-15H,13H2,1-8H3. The molecule has 0 N–H and O–H groups in total. The molecule has 0 unspecified atom stereocenters. The molecule has 0 spiro atoms. The lowest BCUT2D eigenvalue weighted by Gasteiger charge is -2.32. The van der Waals surface area contributed by atoms with Crippen LogP contribution in [-0.2, 0) is 20.5 Å². The van der Waals surface area contributed by atoms with Crippen LogP contribution < -0.4 is 5.46 Å². The van der Waals surface area contributed by atoms with E-state index in [1.54, 1.807) is 0 Å². The van der Waals surface area contributed by atoms with E-state index in [4.69, 9.17) is 9.31 Å². The molecule has 138 valence electrons. The van der Waals surface area contributed by atoms with Crippen molar-refractivity contribution in [3.8, 4) is 0 Å². The van der Waals surface area contributed by atoms with Crippen LogP contribution in [0.3, 0.4) is 0 Å². The Morgan fingerprint density at radius 2 is 1.48 bits per heavy atom. The van der Waals surface area contributed by atoms with E-state index in [2.05, 4.69) is 27.7 Å². The van der Waals surface area contributed by atoms with Crippen molar-refractivity contribution in [2.75, 3.05) is 0 Å². The molecule has 0 aliphatic carbocycles. The summed E-state index contributed by atoms with van der Waals surface area (Å²) in [6.45, 7) is 16.4. The number of amides is 1. The molecular formula is C20H32BNO3. The van der Waals surface area contributed by atoms with Gasteiger partial charge in [0.15, 0.2) is 0 Å². The lowest BCUT2D eigenvalue weighted by Crippen LogP contribution is -2.44. The van der Waals surface area contributed by atoms with E-state index >= 15 is 0 Å². The molecule has 1 aliphatic heterocycles. The van der Waals surface area contributed by atoms with Crippen molar-refractivity contribution in [2.45, 2.75) is 85.1 Å². The van der Waals surface area contributed by atoms with Crippen molar-refractivity contribution in [1.29, 1.82) is 0 Å². The molecule has 0 atom stereocenters. The average molecular weight is 345 g/mol. The second kappa shape index (κ2) is 7.12. The Balaban J connectivity index is 2.26. The minimum Gasteiger partial charge on any atom is -0.399 e. The Morgan fingerprint density at radius 3 is 1.96 bits per heavy atom. The molecule has 1 aromatic carbocycles. The van der Waals surface area contributed by atoms with E-state index < -0.39 is 18.3 Å². The molecule has 25 heavy (non-hydrogen) atoms. The Hall–Kier alpha value is -1.33. The lowest BCUT2D eigenvalue weighted by molar-refractivity contribution is -0.134. The summed E-state index contributed by atoms with van der Waals surface area (Å²) in [5.41, 5.74) is 1.13. The van der Waals surface area contributed by atoms with Crippen LogP contribution in [0.4, 0.5) is 0 Å². The third-order valence-corrected chi connectivity index (χ3v) is 5.30. The summed E-state index contributed by atoms with van der Waals surface area (Å²) in [7, 11) is -0.444. The van der Waals surface area contributed by atoms with Crippen LogP contribution in [0.5, 0.6) is 0 Å². The zero-order valence-corrected chi connectivity index (χ0v) is 16.9. The molecule has 0 bridgehead atoms. The largest absolute Gasteiger partial charge is 0.495 e. The quantitative estimate of drug-likeness (QED) is 0.770. The zero-order valence-electron chi connectivity index (χ0n) is 16.9. The van der Waals surface area contributed by atoms with E-state index in [1.165, 1.54) is 0 Å². The first-order valence-corrected chi connectivity index (χ1v) is 9.21. The summed E-state index contributed by atoms with van der Waals surface area (Å²) in [4.78, 5) is 14.8. The Labute approximate surface area is 153 Å². The third-order valence-electron chi connectivity index (χ3n) is 5.30. The van der Waals surface area contributed by atoms with Crippen LogP contribution in [0.25, 0.3) is 0 Å². The van der Waals surface area contributed by atoms with Gasteiger partial charge in [-0.3, -0.25) is 4.79 Å². The molecule has 1 fully saturated rings. The molecule has 0 radical (unpaired) electrons. The smallest absolute Gasteiger partial charge is 0.399 e. The fourth-order valence-corrected chi connectivity index (χ4v) is 3.32. The van der Waals surface area contributed by atoms with Crippen molar-refractivity contribution in [1.82, 2.24) is 4.90 Å². The van der Waals surface area contributed by atoms with Crippen LogP contribution >= 0.6 is 0 Å². The highest BCUT2D eigenvalue weighted by Gasteiger charge is 2.52. The number of carbonyl (C=O) groups is 1. The van der Waals surface area contributed by atoms with Gasteiger partial charge < -0.3 is 14.2 Å². The second-order valence-corrected chi connectivity index (χ2v) is 8.45. The number of nitrogens with zero attached hydrogens (tertiary/aromatic N) is 1. The van der Waals surface area contributed by atoms with Gasteiger partial charge >= 0.3 is 7.12 Å². The second-order valence-electron chi connectivity index (χ2n) is 8.45. The normalized spacial score (nSPS) is 18.9. The van der Waals surface area contributed by atoms with Gasteiger partial charge in [-0.1, -0.05) is 24.3 Å². The number of hydrogen-bond acceptors (Lipinski definition) is 3. The topological polar surface area (TPSA) is 38.8 Å². The van der Waals surface area contributed by atoms with Gasteiger partial charge in [0.05, 0.1) is 17.6 Å². The molecule has 4 nitrogen and oxygen atoms in total. The average Bonchev–Trinajstić information content (AvgIpc) is 2.66. The first-order chi connectivity index (χ1) is 11.5. The first-order valence-electron chi connectivity index (χ1n) is 9.21. The molecule has 1 heterocycles. The molecule has 1 amide bonds. The number of carbonyl (C=O) groups excluding carboxylic acids is 1. The van der Waals surface area contributed by atoms with E-state index in [0.717, 1.165) is 11.0 Å². The Kier molecular flexibility index (Phi) is 5.70. The van der Waals surface area contributed by atoms with Gasteiger partial charge in [0.2, 0.25) is 5.91 Å². The van der Waals surface area contributed by atoms with Crippen molar-refractivity contribution < 1.29 is 14.1 Å². The number of benzene rings is 1. The maximum absolute atomic E-state index is 12.9.